The van der Waals surface area contributed by atoms with Crippen LogP contribution in [-0.2, 0) is 6.54 Å². The van der Waals surface area contributed by atoms with Crippen molar-refractivity contribution in [3.63, 3.8) is 0 Å². The van der Waals surface area contributed by atoms with Crippen LogP contribution in [0.5, 0.6) is 0 Å². The SMILES string of the molecule is CN(Cc1ccccc1)C(=O)c1nc(C(=O)N2CCCC2)n2ccccc12. The van der Waals surface area contributed by atoms with Crippen LogP contribution in [0.3, 0.4) is 0 Å². The van der Waals surface area contributed by atoms with Gasteiger partial charge in [0.05, 0.1) is 5.52 Å². The quantitative estimate of drug-likeness (QED) is 0.717. The molecule has 0 atom stereocenters. The molecule has 27 heavy (non-hydrogen) atoms. The molecule has 6 nitrogen and oxygen atoms in total. The number of aromatic nitrogens is 2. The zero-order valence-electron chi connectivity index (χ0n) is 15.3. The maximum atomic E-state index is 13.0. The first-order valence-electron chi connectivity index (χ1n) is 9.21. The van der Waals surface area contributed by atoms with Crippen LogP contribution in [0.4, 0.5) is 0 Å². The Kier molecular flexibility index (Phi) is 4.62. The highest BCUT2D eigenvalue weighted by atomic mass is 16.2. The third-order valence-corrected chi connectivity index (χ3v) is 4.94. The van der Waals surface area contributed by atoms with Crippen LogP contribution in [0.25, 0.3) is 5.52 Å². The Labute approximate surface area is 158 Å². The second-order valence-corrected chi connectivity index (χ2v) is 6.89. The second-order valence-electron chi connectivity index (χ2n) is 6.89. The molecule has 4 rings (SSSR count). The molecule has 0 bridgehead atoms. The lowest BCUT2D eigenvalue weighted by Crippen LogP contribution is -2.29. The Morgan fingerprint density at radius 1 is 1.04 bits per heavy atom. The van der Waals surface area contributed by atoms with E-state index in [1.165, 1.54) is 0 Å². The van der Waals surface area contributed by atoms with Crippen molar-refractivity contribution in [1.29, 1.82) is 0 Å². The van der Waals surface area contributed by atoms with Gasteiger partial charge in [0.1, 0.15) is 0 Å². The van der Waals surface area contributed by atoms with Crippen LogP contribution in [0.1, 0.15) is 39.5 Å². The van der Waals surface area contributed by atoms with E-state index in [1.807, 2.05) is 53.4 Å². The van der Waals surface area contributed by atoms with Crippen molar-refractivity contribution in [2.45, 2.75) is 19.4 Å². The molecule has 2 aromatic heterocycles. The Bertz CT molecular complexity index is 974. The van der Waals surface area contributed by atoms with E-state index >= 15 is 0 Å². The standard InChI is InChI=1S/C21H22N4O2/c1-23(15-16-9-3-2-4-10-16)20(26)18-17-11-5-6-14-25(17)19(22-18)21(27)24-12-7-8-13-24/h2-6,9-11,14H,7-8,12-13,15H2,1H3. The van der Waals surface area contributed by atoms with Crippen LogP contribution in [0, 0.1) is 0 Å². The summed E-state index contributed by atoms with van der Waals surface area (Å²) in [6, 6.07) is 15.3. The molecule has 0 spiro atoms. The van der Waals surface area contributed by atoms with E-state index in [1.54, 1.807) is 22.5 Å². The number of carbonyl (C=O) groups excluding carboxylic acids is 2. The summed E-state index contributed by atoms with van der Waals surface area (Å²) in [6.45, 7) is 1.98. The third-order valence-electron chi connectivity index (χ3n) is 4.94. The molecule has 1 fully saturated rings. The number of pyridine rings is 1. The molecule has 3 heterocycles. The number of likely N-dealkylation sites (tertiary alicyclic amines) is 1. The predicted molar refractivity (Wildman–Crippen MR) is 103 cm³/mol. The van der Waals surface area contributed by atoms with Gasteiger partial charge in [-0.15, -0.1) is 0 Å². The first kappa shape index (κ1) is 17.3. The van der Waals surface area contributed by atoms with Crippen LogP contribution in [0.2, 0.25) is 0 Å². The molecule has 1 aliphatic rings. The first-order chi connectivity index (χ1) is 13.1. The molecular formula is C21H22N4O2. The van der Waals surface area contributed by atoms with Gasteiger partial charge in [-0.1, -0.05) is 36.4 Å². The van der Waals surface area contributed by atoms with Gasteiger partial charge < -0.3 is 9.80 Å². The van der Waals surface area contributed by atoms with E-state index in [0.29, 0.717) is 23.6 Å². The Balaban J connectivity index is 1.67. The zero-order valence-corrected chi connectivity index (χ0v) is 15.3. The van der Waals surface area contributed by atoms with Crippen LogP contribution >= 0.6 is 0 Å². The van der Waals surface area contributed by atoms with Gasteiger partial charge in [0.25, 0.3) is 11.8 Å². The van der Waals surface area contributed by atoms with Crippen molar-refractivity contribution in [1.82, 2.24) is 19.2 Å². The molecule has 0 radical (unpaired) electrons. The summed E-state index contributed by atoms with van der Waals surface area (Å²) < 4.78 is 1.73. The minimum Gasteiger partial charge on any atom is -0.336 e. The summed E-state index contributed by atoms with van der Waals surface area (Å²) >= 11 is 0. The molecule has 1 aliphatic heterocycles. The summed E-state index contributed by atoms with van der Waals surface area (Å²) in [5.41, 5.74) is 2.02. The van der Waals surface area contributed by atoms with Crippen LogP contribution < -0.4 is 0 Å². The first-order valence-corrected chi connectivity index (χ1v) is 9.21. The van der Waals surface area contributed by atoms with E-state index in [2.05, 4.69) is 4.98 Å². The number of imidazole rings is 1. The van der Waals surface area contributed by atoms with Gasteiger partial charge in [0.2, 0.25) is 5.82 Å². The second kappa shape index (κ2) is 7.23. The highest BCUT2D eigenvalue weighted by Gasteiger charge is 2.27. The van der Waals surface area contributed by atoms with E-state index in [4.69, 9.17) is 0 Å². The van der Waals surface area contributed by atoms with E-state index in [9.17, 15) is 9.59 Å². The lowest BCUT2D eigenvalue weighted by Gasteiger charge is -2.16. The third kappa shape index (κ3) is 3.30. The summed E-state index contributed by atoms with van der Waals surface area (Å²) in [4.78, 5) is 33.8. The van der Waals surface area contributed by atoms with E-state index < -0.39 is 0 Å². The van der Waals surface area contributed by atoms with Crippen LogP contribution in [0.15, 0.2) is 54.7 Å². The van der Waals surface area contributed by atoms with Gasteiger partial charge in [-0.05, 0) is 30.5 Å². The number of rotatable bonds is 4. The molecular weight excluding hydrogens is 340 g/mol. The maximum absolute atomic E-state index is 13.0. The van der Waals surface area contributed by atoms with Crippen molar-refractivity contribution < 1.29 is 9.59 Å². The van der Waals surface area contributed by atoms with Crippen LogP contribution in [-0.4, -0.2) is 51.1 Å². The monoisotopic (exact) mass is 362 g/mol. The summed E-state index contributed by atoms with van der Waals surface area (Å²) in [5, 5.41) is 0. The fraction of sp³-hybridized carbons (Fsp3) is 0.286. The van der Waals surface area contributed by atoms with Gasteiger partial charge in [-0.2, -0.15) is 0 Å². The Morgan fingerprint density at radius 3 is 2.48 bits per heavy atom. The molecule has 0 N–H and O–H groups in total. The fourth-order valence-corrected chi connectivity index (χ4v) is 3.52. The lowest BCUT2D eigenvalue weighted by molar-refractivity contribution is 0.0777. The minimum absolute atomic E-state index is 0.113. The number of carbonyl (C=O) groups is 2. The summed E-state index contributed by atoms with van der Waals surface area (Å²) in [5.74, 6) is 0.00504. The smallest absolute Gasteiger partial charge is 0.290 e. The number of hydrogen-bond donors (Lipinski definition) is 0. The molecule has 2 amide bonds. The summed E-state index contributed by atoms with van der Waals surface area (Å²) in [6.07, 6.45) is 3.82. The van der Waals surface area contributed by atoms with Gasteiger partial charge >= 0.3 is 0 Å². The molecule has 1 saturated heterocycles. The van der Waals surface area contributed by atoms with E-state index in [-0.39, 0.29) is 11.8 Å². The topological polar surface area (TPSA) is 57.9 Å². The predicted octanol–water partition coefficient (Wildman–Crippen LogP) is 2.84. The molecule has 0 saturated carbocycles. The Morgan fingerprint density at radius 2 is 1.74 bits per heavy atom. The van der Waals surface area contributed by atoms with Gasteiger partial charge in [-0.3, -0.25) is 14.0 Å². The maximum Gasteiger partial charge on any atom is 0.290 e. The highest BCUT2D eigenvalue weighted by Crippen LogP contribution is 2.19. The molecule has 6 heteroatoms. The Hall–Kier alpha value is -3.15. The minimum atomic E-state index is -0.192. The molecule has 138 valence electrons. The number of nitrogens with zero attached hydrogens (tertiary/aromatic N) is 4. The number of amides is 2. The average molecular weight is 362 g/mol. The summed E-state index contributed by atoms with van der Waals surface area (Å²) in [7, 11) is 1.76. The number of hydrogen-bond acceptors (Lipinski definition) is 3. The largest absolute Gasteiger partial charge is 0.336 e. The van der Waals surface area contributed by atoms with Gasteiger partial charge in [0, 0.05) is 32.9 Å². The normalized spacial score (nSPS) is 13.9. The number of benzene rings is 1. The molecule has 3 aromatic rings. The molecule has 1 aromatic carbocycles. The van der Waals surface area contributed by atoms with Crippen molar-refractivity contribution in [2.24, 2.45) is 0 Å². The van der Waals surface area contributed by atoms with Gasteiger partial charge in [0.15, 0.2) is 5.69 Å². The van der Waals surface area contributed by atoms with Crippen molar-refractivity contribution >= 4 is 17.3 Å². The van der Waals surface area contributed by atoms with E-state index in [0.717, 1.165) is 31.5 Å². The van der Waals surface area contributed by atoms with Gasteiger partial charge in [-0.25, -0.2) is 4.98 Å². The van der Waals surface area contributed by atoms with Crippen molar-refractivity contribution in [3.05, 3.63) is 71.8 Å². The lowest BCUT2D eigenvalue weighted by atomic mass is 10.2. The molecule has 0 unspecified atom stereocenters. The fourth-order valence-electron chi connectivity index (χ4n) is 3.52. The average Bonchev–Trinajstić information content (AvgIpc) is 3.36. The zero-order chi connectivity index (χ0) is 18.8. The highest BCUT2D eigenvalue weighted by molar-refractivity contribution is 6.02. The number of fused-ring (bicyclic) bond motifs is 1. The van der Waals surface area contributed by atoms with Crippen molar-refractivity contribution in [3.8, 4) is 0 Å². The van der Waals surface area contributed by atoms with Crippen molar-refractivity contribution in [2.75, 3.05) is 20.1 Å². The molecule has 0 aliphatic carbocycles.